The van der Waals surface area contributed by atoms with Gasteiger partial charge in [-0.1, -0.05) is 32.9 Å². The second-order valence-corrected chi connectivity index (χ2v) is 9.45. The summed E-state index contributed by atoms with van der Waals surface area (Å²) in [5.41, 5.74) is 4.12. The number of alkyl halides is 1. The molecule has 4 heteroatoms. The lowest BCUT2D eigenvalue weighted by Crippen LogP contribution is -2.57. The van der Waals surface area contributed by atoms with Gasteiger partial charge in [0.05, 0.1) is 12.7 Å². The van der Waals surface area contributed by atoms with Crippen LogP contribution in [0.2, 0.25) is 0 Å². The summed E-state index contributed by atoms with van der Waals surface area (Å²) in [7, 11) is 1.97. The molecular formula is C21H26ClN2O-. The minimum Gasteiger partial charge on any atom is -0.661 e. The smallest absolute Gasteiger partial charge is 0.0863 e. The van der Waals surface area contributed by atoms with Crippen molar-refractivity contribution >= 4 is 22.5 Å². The number of aromatic amines is 1. The van der Waals surface area contributed by atoms with Crippen LogP contribution in [0, 0.1) is 11.3 Å². The molecule has 1 unspecified atom stereocenters. The van der Waals surface area contributed by atoms with Crippen molar-refractivity contribution in [1.29, 1.82) is 0 Å². The molecule has 1 aliphatic heterocycles. The van der Waals surface area contributed by atoms with E-state index in [9.17, 15) is 0 Å². The topological polar surface area (TPSA) is 42.4 Å². The van der Waals surface area contributed by atoms with E-state index in [1.807, 2.05) is 7.05 Å². The average molecular weight is 358 g/mol. The summed E-state index contributed by atoms with van der Waals surface area (Å²) in [4.78, 5) is 3.51. The van der Waals surface area contributed by atoms with E-state index in [1.165, 1.54) is 22.0 Å². The Bertz CT molecular complexity index is 840. The van der Waals surface area contributed by atoms with E-state index in [0.29, 0.717) is 11.8 Å². The molecule has 1 N–H and O–H groups in total. The number of H-pyrrole nitrogens is 1. The number of aromatic nitrogens is 1. The number of hydrogen-bond donors (Lipinski definition) is 1. The Labute approximate surface area is 154 Å². The highest BCUT2D eigenvalue weighted by atomic mass is 35.5. The minimum absolute atomic E-state index is 0.0845. The van der Waals surface area contributed by atoms with Crippen LogP contribution in [0.3, 0.4) is 0 Å². The Hall–Kier alpha value is -1.03. The quantitative estimate of drug-likeness (QED) is 0.599. The Morgan fingerprint density at radius 3 is 2.72 bits per heavy atom. The molecule has 1 aromatic heterocycles. The summed E-state index contributed by atoms with van der Waals surface area (Å²) in [6.45, 7) is 7.91. The number of nitrogens with one attached hydrogen (secondary N) is 1. The molecule has 2 fully saturated rings. The van der Waals surface area contributed by atoms with Gasteiger partial charge >= 0.3 is 0 Å². The third-order valence-electron chi connectivity index (χ3n) is 7.57. The number of epoxide rings is 1. The largest absolute Gasteiger partial charge is 0.661 e. The van der Waals surface area contributed by atoms with E-state index >= 15 is 0 Å². The van der Waals surface area contributed by atoms with Crippen molar-refractivity contribution in [3.63, 3.8) is 0 Å². The lowest BCUT2D eigenvalue weighted by molar-refractivity contribution is 0.0657. The molecule has 2 aromatic rings. The van der Waals surface area contributed by atoms with Gasteiger partial charge in [-0.3, -0.25) is 0 Å². The van der Waals surface area contributed by atoms with Gasteiger partial charge in [0.25, 0.3) is 0 Å². The van der Waals surface area contributed by atoms with Crippen molar-refractivity contribution in [3.05, 3.63) is 40.8 Å². The van der Waals surface area contributed by atoms with Crippen LogP contribution >= 0.6 is 11.6 Å². The highest BCUT2D eigenvalue weighted by Crippen LogP contribution is 2.63. The zero-order valence-corrected chi connectivity index (χ0v) is 16.1. The summed E-state index contributed by atoms with van der Waals surface area (Å²) in [5, 5.41) is 6.43. The van der Waals surface area contributed by atoms with Crippen molar-refractivity contribution in [3.8, 4) is 0 Å². The van der Waals surface area contributed by atoms with Gasteiger partial charge in [0.2, 0.25) is 0 Å². The molecule has 6 atom stereocenters. The SMILES string of the molecule is C[N-][C@@H]1[C@H]2c3c[nH]c4cccc(c34)C(C)(C)[C@H]2C[C@@H](Cl)[C@]1(C)C1CO1. The highest BCUT2D eigenvalue weighted by Gasteiger charge is 2.59. The molecule has 3 nitrogen and oxygen atoms in total. The van der Waals surface area contributed by atoms with Crippen LogP contribution in [-0.4, -0.2) is 36.2 Å². The number of ether oxygens (including phenoxy) is 1. The van der Waals surface area contributed by atoms with E-state index in [2.05, 4.69) is 50.2 Å². The maximum atomic E-state index is 7.04. The normalized spacial score (nSPS) is 41.6. The van der Waals surface area contributed by atoms with E-state index in [4.69, 9.17) is 21.7 Å². The van der Waals surface area contributed by atoms with Crippen molar-refractivity contribution in [1.82, 2.24) is 4.98 Å². The van der Waals surface area contributed by atoms with Crippen LogP contribution in [-0.2, 0) is 10.2 Å². The van der Waals surface area contributed by atoms with Gasteiger partial charge in [-0.15, -0.1) is 17.6 Å². The molecule has 25 heavy (non-hydrogen) atoms. The van der Waals surface area contributed by atoms with E-state index < -0.39 is 0 Å². The second kappa shape index (κ2) is 5.03. The number of rotatable bonds is 2. The first-order valence-corrected chi connectivity index (χ1v) is 9.79. The summed E-state index contributed by atoms with van der Waals surface area (Å²) < 4.78 is 5.76. The lowest BCUT2D eigenvalue weighted by Gasteiger charge is -2.62. The third-order valence-corrected chi connectivity index (χ3v) is 8.22. The van der Waals surface area contributed by atoms with Crippen LogP contribution in [0.1, 0.15) is 44.2 Å². The van der Waals surface area contributed by atoms with Gasteiger partial charge in [-0.25, -0.2) is 0 Å². The molecule has 3 aliphatic rings. The first kappa shape index (κ1) is 16.2. The zero-order chi connectivity index (χ0) is 17.6. The second-order valence-electron chi connectivity index (χ2n) is 8.92. The monoisotopic (exact) mass is 357 g/mol. The van der Waals surface area contributed by atoms with Gasteiger partial charge in [-0.2, -0.15) is 7.05 Å². The first-order valence-electron chi connectivity index (χ1n) is 9.35. The van der Waals surface area contributed by atoms with E-state index in [0.717, 1.165) is 13.0 Å². The van der Waals surface area contributed by atoms with Crippen molar-refractivity contribution in [2.45, 2.75) is 56.0 Å². The number of likely N-dealkylation sites (N-methyl/N-ethyl adjacent to an activating group) is 1. The Morgan fingerprint density at radius 1 is 1.28 bits per heavy atom. The maximum Gasteiger partial charge on any atom is 0.0863 e. The van der Waals surface area contributed by atoms with Crippen LogP contribution < -0.4 is 0 Å². The number of nitrogens with zero attached hydrogens (tertiary/aromatic N) is 1. The number of hydrogen-bond acceptors (Lipinski definition) is 1. The van der Waals surface area contributed by atoms with Crippen molar-refractivity contribution in [2.75, 3.05) is 13.7 Å². The Morgan fingerprint density at radius 2 is 2.04 bits per heavy atom. The van der Waals surface area contributed by atoms with Crippen molar-refractivity contribution < 1.29 is 4.74 Å². The average Bonchev–Trinajstić information content (AvgIpc) is 3.36. The molecule has 2 heterocycles. The Balaban J connectivity index is 1.76. The first-order chi connectivity index (χ1) is 11.9. The van der Waals surface area contributed by atoms with Gasteiger partial charge in [-0.05, 0) is 46.3 Å². The molecule has 0 bridgehead atoms. The lowest BCUT2D eigenvalue weighted by atomic mass is 9.50. The van der Waals surface area contributed by atoms with Crippen LogP contribution in [0.5, 0.6) is 0 Å². The number of fused-ring (bicyclic) bond motifs is 2. The van der Waals surface area contributed by atoms with Gasteiger partial charge in [0.15, 0.2) is 0 Å². The molecule has 0 amide bonds. The Kier molecular flexibility index (Phi) is 3.25. The minimum atomic E-state index is -0.0938. The van der Waals surface area contributed by atoms with Crippen LogP contribution in [0.25, 0.3) is 16.2 Å². The summed E-state index contributed by atoms with van der Waals surface area (Å²) in [6.07, 6.45) is 3.49. The summed E-state index contributed by atoms with van der Waals surface area (Å²) in [5.74, 6) is 0.886. The van der Waals surface area contributed by atoms with Crippen LogP contribution in [0.15, 0.2) is 24.4 Å². The number of halogens is 1. The van der Waals surface area contributed by atoms with Crippen molar-refractivity contribution in [2.24, 2.45) is 11.3 Å². The van der Waals surface area contributed by atoms with Gasteiger partial charge in [0.1, 0.15) is 0 Å². The maximum absolute atomic E-state index is 7.04. The molecule has 0 spiro atoms. The fourth-order valence-electron chi connectivity index (χ4n) is 6.00. The zero-order valence-electron chi connectivity index (χ0n) is 15.3. The molecule has 1 saturated carbocycles. The summed E-state index contributed by atoms with van der Waals surface area (Å²) in [6, 6.07) is 6.85. The predicted octanol–water partition coefficient (Wildman–Crippen LogP) is 4.95. The molecule has 0 radical (unpaired) electrons. The predicted molar refractivity (Wildman–Crippen MR) is 103 cm³/mol. The van der Waals surface area contributed by atoms with E-state index in [-0.39, 0.29) is 28.4 Å². The fraction of sp³-hybridized carbons (Fsp3) is 0.619. The third kappa shape index (κ3) is 1.90. The van der Waals surface area contributed by atoms with Gasteiger partial charge < -0.3 is 15.0 Å². The molecule has 1 aromatic carbocycles. The molecular weight excluding hydrogens is 332 g/mol. The molecule has 134 valence electrons. The highest BCUT2D eigenvalue weighted by molar-refractivity contribution is 6.21. The van der Waals surface area contributed by atoms with E-state index in [1.54, 1.807) is 0 Å². The molecule has 1 saturated heterocycles. The standard InChI is InChI=1S/C21H26ClN2O/c1-20(2)12-6-5-7-14-17(12)11(9-24-14)18-13(20)8-15(22)21(3,16-10-25-16)19(18)23-4/h5-7,9,13,15-16,18-19,24H,8,10H2,1-4H3/q-1/t13-,15+,16?,18-,19+,21+/m0/s1. The fourth-order valence-corrected chi connectivity index (χ4v) is 6.46. The molecule has 2 aliphatic carbocycles. The van der Waals surface area contributed by atoms with Crippen LogP contribution in [0.4, 0.5) is 0 Å². The summed E-state index contributed by atoms with van der Waals surface area (Å²) >= 11 is 7.04. The molecule has 5 rings (SSSR count). The number of benzene rings is 1. The van der Waals surface area contributed by atoms with Gasteiger partial charge in [0, 0.05) is 22.5 Å².